The van der Waals surface area contributed by atoms with Crippen LogP contribution in [0.1, 0.15) is 39.0 Å². The minimum atomic E-state index is -0.578. The maximum Gasteiger partial charge on any atom is 0.240 e. The van der Waals surface area contributed by atoms with E-state index in [4.69, 9.17) is 5.73 Å². The van der Waals surface area contributed by atoms with E-state index >= 15 is 0 Å². The van der Waals surface area contributed by atoms with Gasteiger partial charge in [-0.3, -0.25) is 4.79 Å². The normalized spacial score (nSPS) is 21.3. The number of carbonyl (C=O) groups excluding carboxylic acids is 1. The fraction of sp³-hybridized carbons (Fsp3) is 0.909. The van der Waals surface area contributed by atoms with E-state index in [9.17, 15) is 4.79 Å². The van der Waals surface area contributed by atoms with Crippen molar-refractivity contribution in [3.63, 3.8) is 0 Å². The third-order valence-electron chi connectivity index (χ3n) is 3.14. The van der Waals surface area contributed by atoms with Gasteiger partial charge in [0.15, 0.2) is 0 Å². The van der Waals surface area contributed by atoms with Crippen LogP contribution >= 0.6 is 11.8 Å². The molecule has 4 heteroatoms. The van der Waals surface area contributed by atoms with Crippen LogP contribution in [0, 0.1) is 0 Å². The summed E-state index contributed by atoms with van der Waals surface area (Å²) in [6.45, 7) is 2.10. The highest BCUT2D eigenvalue weighted by Gasteiger charge is 2.37. The van der Waals surface area contributed by atoms with Crippen LogP contribution < -0.4 is 11.1 Å². The van der Waals surface area contributed by atoms with Gasteiger partial charge in [-0.15, -0.1) is 0 Å². The largest absolute Gasteiger partial charge is 0.351 e. The summed E-state index contributed by atoms with van der Waals surface area (Å²) in [4.78, 5) is 12.0. The summed E-state index contributed by atoms with van der Waals surface area (Å²) in [5, 5.41) is 3.07. The van der Waals surface area contributed by atoms with Crippen molar-refractivity contribution in [2.45, 2.75) is 50.6 Å². The van der Waals surface area contributed by atoms with Gasteiger partial charge < -0.3 is 11.1 Å². The predicted molar refractivity (Wildman–Crippen MR) is 66.0 cm³/mol. The number of thioether (sulfide) groups is 1. The zero-order chi connectivity index (χ0) is 11.3. The summed E-state index contributed by atoms with van der Waals surface area (Å²) >= 11 is 1.76. The quantitative estimate of drug-likeness (QED) is 0.753. The molecule has 1 aliphatic carbocycles. The van der Waals surface area contributed by atoms with Gasteiger partial charge in [-0.1, -0.05) is 19.8 Å². The molecule has 0 aromatic rings. The summed E-state index contributed by atoms with van der Waals surface area (Å²) in [7, 11) is 0. The number of nitrogens with two attached hydrogens (primary N) is 1. The van der Waals surface area contributed by atoms with Gasteiger partial charge in [-0.05, 0) is 25.5 Å². The van der Waals surface area contributed by atoms with Crippen molar-refractivity contribution >= 4 is 17.7 Å². The third-order valence-corrected chi connectivity index (χ3v) is 3.88. The standard InChI is InChI=1S/C11H22N2OS/c1-3-9(8-15-2)13-10(14)11(12)6-4-5-7-11/h9H,3-8,12H2,1-2H3,(H,13,14). The molecule has 0 aromatic heterocycles. The molecule has 0 heterocycles. The molecule has 0 radical (unpaired) electrons. The molecule has 1 atom stereocenters. The van der Waals surface area contributed by atoms with Gasteiger partial charge in [0.05, 0.1) is 5.54 Å². The highest BCUT2D eigenvalue weighted by Crippen LogP contribution is 2.27. The average Bonchev–Trinajstić information content (AvgIpc) is 2.65. The summed E-state index contributed by atoms with van der Waals surface area (Å²) in [6.07, 6.45) is 6.89. The molecule has 0 saturated heterocycles. The molecule has 1 saturated carbocycles. The van der Waals surface area contributed by atoms with Crippen molar-refractivity contribution in [2.24, 2.45) is 5.73 Å². The maximum atomic E-state index is 12.0. The Bertz CT molecular complexity index is 215. The molecule has 88 valence electrons. The first kappa shape index (κ1) is 12.8. The van der Waals surface area contributed by atoms with E-state index in [0.717, 1.165) is 37.9 Å². The summed E-state index contributed by atoms with van der Waals surface area (Å²) in [5.41, 5.74) is 5.51. The molecule has 0 aliphatic heterocycles. The molecule has 1 amide bonds. The lowest BCUT2D eigenvalue weighted by Crippen LogP contribution is -2.54. The lowest BCUT2D eigenvalue weighted by atomic mass is 9.97. The SMILES string of the molecule is CCC(CSC)NC(=O)C1(N)CCCC1. The first-order valence-corrected chi connectivity index (χ1v) is 7.10. The third kappa shape index (κ3) is 3.38. The van der Waals surface area contributed by atoms with Crippen molar-refractivity contribution in [1.29, 1.82) is 0 Å². The van der Waals surface area contributed by atoms with Crippen molar-refractivity contribution in [1.82, 2.24) is 5.32 Å². The fourth-order valence-electron chi connectivity index (χ4n) is 2.02. The van der Waals surface area contributed by atoms with Gasteiger partial charge in [-0.25, -0.2) is 0 Å². The number of hydrogen-bond acceptors (Lipinski definition) is 3. The van der Waals surface area contributed by atoms with Crippen LogP contribution in [0.5, 0.6) is 0 Å². The average molecular weight is 230 g/mol. The smallest absolute Gasteiger partial charge is 0.240 e. The lowest BCUT2D eigenvalue weighted by Gasteiger charge is -2.25. The van der Waals surface area contributed by atoms with Gasteiger partial charge in [-0.2, -0.15) is 11.8 Å². The molecule has 0 spiro atoms. The van der Waals surface area contributed by atoms with E-state index in [-0.39, 0.29) is 11.9 Å². The number of rotatable bonds is 5. The minimum absolute atomic E-state index is 0.0564. The number of hydrogen-bond donors (Lipinski definition) is 2. The van der Waals surface area contributed by atoms with Gasteiger partial charge in [0, 0.05) is 11.8 Å². The number of nitrogens with one attached hydrogen (secondary N) is 1. The van der Waals surface area contributed by atoms with Crippen molar-refractivity contribution in [3.8, 4) is 0 Å². The van der Waals surface area contributed by atoms with Crippen LogP contribution in [0.3, 0.4) is 0 Å². The Morgan fingerprint density at radius 1 is 1.53 bits per heavy atom. The summed E-state index contributed by atoms with van der Waals surface area (Å²) < 4.78 is 0. The molecular formula is C11H22N2OS. The van der Waals surface area contributed by atoms with E-state index in [1.54, 1.807) is 11.8 Å². The van der Waals surface area contributed by atoms with Gasteiger partial charge in [0.25, 0.3) is 0 Å². The second kappa shape index (κ2) is 5.75. The molecule has 1 aliphatic rings. The maximum absolute atomic E-state index is 12.0. The molecule has 1 rings (SSSR count). The first-order chi connectivity index (χ1) is 7.12. The number of amides is 1. The van der Waals surface area contributed by atoms with Crippen LogP contribution in [-0.4, -0.2) is 29.5 Å². The predicted octanol–water partition coefficient (Wildman–Crippen LogP) is 1.52. The lowest BCUT2D eigenvalue weighted by molar-refractivity contribution is -0.126. The zero-order valence-electron chi connectivity index (χ0n) is 9.71. The van der Waals surface area contributed by atoms with Gasteiger partial charge in [0.2, 0.25) is 5.91 Å². The highest BCUT2D eigenvalue weighted by molar-refractivity contribution is 7.98. The molecule has 3 N–H and O–H groups in total. The summed E-state index contributed by atoms with van der Waals surface area (Å²) in [5.74, 6) is 1.03. The fourth-order valence-corrected chi connectivity index (χ4v) is 2.75. The summed E-state index contributed by atoms with van der Waals surface area (Å²) in [6, 6.07) is 0.272. The van der Waals surface area contributed by atoms with E-state index in [2.05, 4.69) is 18.5 Å². The van der Waals surface area contributed by atoms with Crippen LogP contribution in [0.15, 0.2) is 0 Å². The molecule has 1 unspecified atom stereocenters. The van der Waals surface area contributed by atoms with Crippen LogP contribution in [0.4, 0.5) is 0 Å². The molecular weight excluding hydrogens is 208 g/mol. The molecule has 3 nitrogen and oxygen atoms in total. The van der Waals surface area contributed by atoms with Crippen LogP contribution in [0.25, 0.3) is 0 Å². The Morgan fingerprint density at radius 2 is 2.13 bits per heavy atom. The van der Waals surface area contributed by atoms with E-state index in [1.165, 1.54) is 0 Å². The van der Waals surface area contributed by atoms with Crippen molar-refractivity contribution in [3.05, 3.63) is 0 Å². The highest BCUT2D eigenvalue weighted by atomic mass is 32.2. The second-order valence-corrected chi connectivity index (χ2v) is 5.31. The van der Waals surface area contributed by atoms with Gasteiger partial charge >= 0.3 is 0 Å². The minimum Gasteiger partial charge on any atom is -0.351 e. The van der Waals surface area contributed by atoms with E-state index < -0.39 is 5.54 Å². The molecule has 0 bridgehead atoms. The Hall–Kier alpha value is -0.220. The van der Waals surface area contributed by atoms with E-state index in [1.807, 2.05) is 0 Å². The Morgan fingerprint density at radius 3 is 2.60 bits per heavy atom. The molecule has 0 aromatic carbocycles. The first-order valence-electron chi connectivity index (χ1n) is 5.71. The Labute approximate surface area is 96.6 Å². The molecule has 15 heavy (non-hydrogen) atoms. The Kier molecular flexibility index (Phi) is 4.93. The zero-order valence-corrected chi connectivity index (χ0v) is 10.5. The second-order valence-electron chi connectivity index (χ2n) is 4.40. The Balaban J connectivity index is 2.45. The number of carbonyl (C=O) groups is 1. The van der Waals surface area contributed by atoms with Crippen LogP contribution in [0.2, 0.25) is 0 Å². The van der Waals surface area contributed by atoms with Gasteiger partial charge in [0.1, 0.15) is 0 Å². The topological polar surface area (TPSA) is 55.1 Å². The molecule has 1 fully saturated rings. The van der Waals surface area contributed by atoms with Crippen molar-refractivity contribution < 1.29 is 4.79 Å². The van der Waals surface area contributed by atoms with Crippen LogP contribution in [-0.2, 0) is 4.79 Å². The van der Waals surface area contributed by atoms with E-state index in [0.29, 0.717) is 0 Å². The van der Waals surface area contributed by atoms with Crippen molar-refractivity contribution in [2.75, 3.05) is 12.0 Å². The monoisotopic (exact) mass is 230 g/mol.